The molecule has 0 amide bonds. The van der Waals surface area contributed by atoms with Gasteiger partial charge in [-0.3, -0.25) is 0 Å². The molecule has 2 aromatic heterocycles. The molecule has 0 saturated carbocycles. The molecule has 0 radical (unpaired) electrons. The zero-order valence-corrected chi connectivity index (χ0v) is 13.9. The highest BCUT2D eigenvalue weighted by atomic mass is 35.5. The maximum atomic E-state index is 8.67. The molecule has 2 N–H and O–H groups in total. The van der Waals surface area contributed by atoms with Crippen LogP contribution in [0.2, 0.25) is 5.02 Å². The minimum absolute atomic E-state index is 0.380. The maximum absolute atomic E-state index is 8.67. The van der Waals surface area contributed by atoms with Crippen LogP contribution in [0.4, 0.5) is 17.5 Å². The van der Waals surface area contributed by atoms with Crippen LogP contribution >= 0.6 is 11.6 Å². The predicted octanol–water partition coefficient (Wildman–Crippen LogP) is 3.57. The largest absolute Gasteiger partial charge is 0.353 e. The summed E-state index contributed by atoms with van der Waals surface area (Å²) < 4.78 is 1.94. The Morgan fingerprint density at radius 2 is 2.21 bits per heavy atom. The van der Waals surface area contributed by atoms with Crippen LogP contribution in [0.3, 0.4) is 0 Å². The summed E-state index contributed by atoms with van der Waals surface area (Å²) in [7, 11) is 0. The van der Waals surface area contributed by atoms with Gasteiger partial charge in [0.1, 0.15) is 0 Å². The van der Waals surface area contributed by atoms with Gasteiger partial charge in [0.2, 0.25) is 5.95 Å². The van der Waals surface area contributed by atoms with Crippen molar-refractivity contribution in [1.29, 1.82) is 5.26 Å². The summed E-state index contributed by atoms with van der Waals surface area (Å²) in [6, 6.07) is 9.47. The zero-order chi connectivity index (χ0) is 16.9. The third-order valence-corrected chi connectivity index (χ3v) is 3.65. The fourth-order valence-electron chi connectivity index (χ4n) is 2.28. The van der Waals surface area contributed by atoms with Crippen LogP contribution in [-0.4, -0.2) is 26.1 Å². The first-order chi connectivity index (χ1) is 11.7. The first-order valence-electron chi connectivity index (χ1n) is 7.57. The predicted molar refractivity (Wildman–Crippen MR) is 94.5 cm³/mol. The molecule has 0 spiro atoms. The Balaban J connectivity index is 2.00. The molecule has 0 saturated heterocycles. The summed E-state index contributed by atoms with van der Waals surface area (Å²) in [5.41, 5.74) is 2.23. The molecule has 2 heterocycles. The summed E-state index contributed by atoms with van der Waals surface area (Å²) in [4.78, 5) is 13.4. The molecule has 3 rings (SSSR count). The van der Waals surface area contributed by atoms with Gasteiger partial charge in [-0.1, -0.05) is 17.7 Å². The molecule has 0 aliphatic heterocycles. The Morgan fingerprint density at radius 1 is 1.33 bits per heavy atom. The normalized spacial score (nSPS) is 10.5. The highest BCUT2D eigenvalue weighted by molar-refractivity contribution is 6.30. The number of anilines is 3. The number of halogens is 1. The van der Waals surface area contributed by atoms with E-state index in [1.54, 1.807) is 6.33 Å². The van der Waals surface area contributed by atoms with E-state index in [9.17, 15) is 0 Å². The molecule has 0 fully saturated rings. The third kappa shape index (κ3) is 3.39. The van der Waals surface area contributed by atoms with E-state index in [0.29, 0.717) is 35.3 Å². The van der Waals surface area contributed by atoms with Crippen molar-refractivity contribution in [3.05, 3.63) is 35.6 Å². The van der Waals surface area contributed by atoms with Crippen LogP contribution in [0.5, 0.6) is 0 Å². The smallest absolute Gasteiger partial charge is 0.226 e. The molecule has 0 aliphatic carbocycles. The summed E-state index contributed by atoms with van der Waals surface area (Å²) >= 11 is 6.04. The number of aryl methyl sites for hydroxylation is 1. The number of fused-ring (bicyclic) bond motifs is 1. The second-order valence-corrected chi connectivity index (χ2v) is 5.51. The minimum Gasteiger partial charge on any atom is -0.353 e. The second kappa shape index (κ2) is 7.15. The van der Waals surface area contributed by atoms with Crippen LogP contribution in [0.25, 0.3) is 11.2 Å². The van der Waals surface area contributed by atoms with Gasteiger partial charge in [0.05, 0.1) is 18.8 Å². The third-order valence-electron chi connectivity index (χ3n) is 3.41. The highest BCUT2D eigenvalue weighted by Crippen LogP contribution is 2.25. The molecule has 8 heteroatoms. The second-order valence-electron chi connectivity index (χ2n) is 5.07. The molecule has 1 aromatic carbocycles. The van der Waals surface area contributed by atoms with Crippen molar-refractivity contribution in [3.8, 4) is 6.07 Å². The van der Waals surface area contributed by atoms with Gasteiger partial charge < -0.3 is 15.2 Å². The lowest BCUT2D eigenvalue weighted by molar-refractivity contribution is 0.777. The number of rotatable bonds is 6. The first-order valence-corrected chi connectivity index (χ1v) is 7.95. The van der Waals surface area contributed by atoms with E-state index in [2.05, 4.69) is 31.7 Å². The van der Waals surface area contributed by atoms with Gasteiger partial charge in [-0.2, -0.15) is 15.2 Å². The Morgan fingerprint density at radius 3 is 2.96 bits per heavy atom. The molecule has 0 bridgehead atoms. The van der Waals surface area contributed by atoms with Crippen molar-refractivity contribution in [1.82, 2.24) is 19.5 Å². The SMILES string of the molecule is CCn1cnc2c(Nc3cccc(Cl)c3)nc(NCCC#N)nc21. The van der Waals surface area contributed by atoms with Gasteiger partial charge >= 0.3 is 0 Å². The molecule has 7 nitrogen and oxygen atoms in total. The van der Waals surface area contributed by atoms with Crippen LogP contribution in [0, 0.1) is 11.3 Å². The molecular weight excluding hydrogens is 326 g/mol. The first kappa shape index (κ1) is 16.0. The molecular formula is C16H16ClN7. The van der Waals surface area contributed by atoms with Crippen LogP contribution in [-0.2, 0) is 6.54 Å². The van der Waals surface area contributed by atoms with E-state index in [4.69, 9.17) is 16.9 Å². The zero-order valence-electron chi connectivity index (χ0n) is 13.1. The van der Waals surface area contributed by atoms with Gasteiger partial charge in [0, 0.05) is 23.8 Å². The Labute approximate surface area is 144 Å². The summed E-state index contributed by atoms with van der Waals surface area (Å²) in [5.74, 6) is 1.05. The minimum atomic E-state index is 0.380. The number of nitrogens with zero attached hydrogens (tertiary/aromatic N) is 5. The van der Waals surface area contributed by atoms with Crippen LogP contribution in [0.1, 0.15) is 13.3 Å². The Bertz CT molecular complexity index is 897. The summed E-state index contributed by atoms with van der Waals surface area (Å²) in [6.07, 6.45) is 2.12. The fourth-order valence-corrected chi connectivity index (χ4v) is 2.47. The summed E-state index contributed by atoms with van der Waals surface area (Å²) in [5, 5.41) is 15.6. The molecule has 0 atom stereocenters. The van der Waals surface area contributed by atoms with Gasteiger partial charge in [-0.05, 0) is 25.1 Å². The van der Waals surface area contributed by atoms with E-state index >= 15 is 0 Å². The Kier molecular flexibility index (Phi) is 4.77. The molecule has 0 unspecified atom stereocenters. The standard InChI is InChI=1S/C16H16ClN7/c1-2-24-10-20-13-14(21-12-6-3-5-11(17)9-12)22-16(23-15(13)24)19-8-4-7-18/h3,5-6,9-10H,2,4,8H2,1H3,(H2,19,21,22,23). The van der Waals surface area contributed by atoms with Gasteiger partial charge in [0.25, 0.3) is 0 Å². The van der Waals surface area contributed by atoms with Crippen molar-refractivity contribution < 1.29 is 0 Å². The number of nitriles is 1. The highest BCUT2D eigenvalue weighted by Gasteiger charge is 2.13. The van der Waals surface area contributed by atoms with Crippen molar-refractivity contribution in [2.45, 2.75) is 19.9 Å². The van der Waals surface area contributed by atoms with Gasteiger partial charge in [0.15, 0.2) is 17.0 Å². The number of hydrogen-bond acceptors (Lipinski definition) is 6. The van der Waals surface area contributed by atoms with E-state index in [1.165, 1.54) is 0 Å². The average molecular weight is 342 g/mol. The van der Waals surface area contributed by atoms with Crippen molar-refractivity contribution >= 4 is 40.2 Å². The number of hydrogen-bond donors (Lipinski definition) is 2. The maximum Gasteiger partial charge on any atom is 0.226 e. The van der Waals surface area contributed by atoms with Gasteiger partial charge in [-0.15, -0.1) is 0 Å². The monoisotopic (exact) mass is 341 g/mol. The van der Waals surface area contributed by atoms with Gasteiger partial charge in [-0.25, -0.2) is 4.98 Å². The lowest BCUT2D eigenvalue weighted by Crippen LogP contribution is -2.08. The lowest BCUT2D eigenvalue weighted by Gasteiger charge is -2.10. The molecule has 3 aromatic rings. The molecule has 0 aliphatic rings. The number of nitrogens with one attached hydrogen (secondary N) is 2. The van der Waals surface area contributed by atoms with Crippen molar-refractivity contribution in [2.75, 3.05) is 17.2 Å². The fraction of sp³-hybridized carbons (Fsp3) is 0.250. The summed E-state index contributed by atoms with van der Waals surface area (Å²) in [6.45, 7) is 3.26. The average Bonchev–Trinajstić information content (AvgIpc) is 2.98. The van der Waals surface area contributed by atoms with Crippen LogP contribution < -0.4 is 10.6 Å². The van der Waals surface area contributed by atoms with Crippen molar-refractivity contribution in [2.24, 2.45) is 0 Å². The lowest BCUT2D eigenvalue weighted by atomic mass is 10.3. The Hall–Kier alpha value is -2.85. The van der Waals surface area contributed by atoms with E-state index in [1.807, 2.05) is 35.8 Å². The number of benzene rings is 1. The quantitative estimate of drug-likeness (QED) is 0.666. The van der Waals surface area contributed by atoms with E-state index < -0.39 is 0 Å². The topological polar surface area (TPSA) is 91.5 Å². The van der Waals surface area contributed by atoms with E-state index in [0.717, 1.165) is 17.9 Å². The number of imidazole rings is 1. The van der Waals surface area contributed by atoms with Crippen LogP contribution in [0.15, 0.2) is 30.6 Å². The number of aromatic nitrogens is 4. The van der Waals surface area contributed by atoms with E-state index in [-0.39, 0.29) is 0 Å². The molecule has 122 valence electrons. The van der Waals surface area contributed by atoms with Crippen molar-refractivity contribution in [3.63, 3.8) is 0 Å². The molecule has 24 heavy (non-hydrogen) atoms.